The van der Waals surface area contributed by atoms with Crippen molar-refractivity contribution in [3.63, 3.8) is 0 Å². The summed E-state index contributed by atoms with van der Waals surface area (Å²) in [7, 11) is 0. The molecule has 0 saturated carbocycles. The van der Waals surface area contributed by atoms with Crippen LogP contribution in [-0.4, -0.2) is 16.9 Å². The highest BCUT2D eigenvalue weighted by Crippen LogP contribution is 2.29. The minimum atomic E-state index is -0.548. The van der Waals surface area contributed by atoms with Crippen molar-refractivity contribution in [2.75, 3.05) is 0 Å². The minimum absolute atomic E-state index is 0.0754. The number of hydrogen-bond donors (Lipinski definition) is 3. The van der Waals surface area contributed by atoms with Gasteiger partial charge in [-0.05, 0) is 48.4 Å². The van der Waals surface area contributed by atoms with Crippen LogP contribution < -0.4 is 11.1 Å². The predicted octanol–water partition coefficient (Wildman–Crippen LogP) is 3.23. The summed E-state index contributed by atoms with van der Waals surface area (Å²) in [6.45, 7) is 0. The number of carbonyl (C=O) groups is 1. The Morgan fingerprint density at radius 2 is 2.00 bits per heavy atom. The van der Waals surface area contributed by atoms with Crippen molar-refractivity contribution in [3.8, 4) is 0 Å². The van der Waals surface area contributed by atoms with E-state index in [-0.39, 0.29) is 11.9 Å². The molecule has 0 fully saturated rings. The SMILES string of the molecule is N[C@@H](Cc1c[nH]c2ccccc12)C(=O)NC1CCCc2ccccc21. The number of H-pyrrole nitrogens is 1. The number of para-hydroxylation sites is 1. The molecule has 0 spiro atoms. The van der Waals surface area contributed by atoms with Crippen LogP contribution >= 0.6 is 0 Å². The van der Waals surface area contributed by atoms with Crippen molar-refractivity contribution in [1.29, 1.82) is 0 Å². The molecule has 4 heteroatoms. The van der Waals surface area contributed by atoms with E-state index in [1.165, 1.54) is 11.1 Å². The summed E-state index contributed by atoms with van der Waals surface area (Å²) in [4.78, 5) is 15.9. The average Bonchev–Trinajstić information content (AvgIpc) is 3.05. The van der Waals surface area contributed by atoms with Crippen molar-refractivity contribution >= 4 is 16.8 Å². The molecule has 1 amide bonds. The molecule has 1 heterocycles. The summed E-state index contributed by atoms with van der Waals surface area (Å²) in [6.07, 6.45) is 5.64. The Labute approximate surface area is 147 Å². The maximum Gasteiger partial charge on any atom is 0.237 e. The van der Waals surface area contributed by atoms with E-state index in [0.717, 1.165) is 35.7 Å². The Hall–Kier alpha value is -2.59. The van der Waals surface area contributed by atoms with Crippen LogP contribution in [0.1, 0.15) is 35.6 Å². The van der Waals surface area contributed by atoms with E-state index < -0.39 is 6.04 Å². The summed E-state index contributed by atoms with van der Waals surface area (Å²) < 4.78 is 0. The Morgan fingerprint density at radius 3 is 2.92 bits per heavy atom. The molecule has 128 valence electrons. The van der Waals surface area contributed by atoms with Crippen molar-refractivity contribution in [2.24, 2.45) is 5.73 Å². The predicted molar refractivity (Wildman–Crippen MR) is 100 cm³/mol. The van der Waals surface area contributed by atoms with Gasteiger partial charge in [0.1, 0.15) is 0 Å². The van der Waals surface area contributed by atoms with Crippen LogP contribution in [-0.2, 0) is 17.6 Å². The molecule has 0 radical (unpaired) electrons. The third kappa shape index (κ3) is 3.17. The number of aromatic nitrogens is 1. The molecule has 0 aliphatic heterocycles. The number of amides is 1. The first-order valence-electron chi connectivity index (χ1n) is 8.91. The summed E-state index contributed by atoms with van der Waals surface area (Å²) in [5.74, 6) is -0.0769. The van der Waals surface area contributed by atoms with Gasteiger partial charge in [-0.25, -0.2) is 0 Å². The number of rotatable bonds is 4. The molecule has 1 unspecified atom stereocenters. The summed E-state index contributed by atoms with van der Waals surface area (Å²) in [5.41, 5.74) is 10.9. The quantitative estimate of drug-likeness (QED) is 0.686. The molecule has 4 nitrogen and oxygen atoms in total. The lowest BCUT2D eigenvalue weighted by Crippen LogP contribution is -2.44. The number of carbonyl (C=O) groups excluding carboxylic acids is 1. The number of aromatic amines is 1. The topological polar surface area (TPSA) is 70.9 Å². The van der Waals surface area contributed by atoms with Gasteiger partial charge in [0, 0.05) is 17.1 Å². The highest BCUT2D eigenvalue weighted by Gasteiger charge is 2.24. The highest BCUT2D eigenvalue weighted by molar-refractivity contribution is 5.86. The molecule has 2 aromatic carbocycles. The van der Waals surface area contributed by atoms with E-state index in [1.54, 1.807) is 0 Å². The fraction of sp³-hybridized carbons (Fsp3) is 0.286. The Balaban J connectivity index is 1.46. The zero-order valence-corrected chi connectivity index (χ0v) is 14.2. The van der Waals surface area contributed by atoms with Gasteiger partial charge in [-0.2, -0.15) is 0 Å². The number of fused-ring (bicyclic) bond motifs is 2. The van der Waals surface area contributed by atoms with Gasteiger partial charge in [0.05, 0.1) is 12.1 Å². The van der Waals surface area contributed by atoms with E-state index >= 15 is 0 Å². The molecule has 4 N–H and O–H groups in total. The van der Waals surface area contributed by atoms with E-state index in [1.807, 2.05) is 30.5 Å². The van der Waals surface area contributed by atoms with E-state index in [0.29, 0.717) is 6.42 Å². The second-order valence-electron chi connectivity index (χ2n) is 6.82. The molecule has 0 bridgehead atoms. The number of nitrogens with one attached hydrogen (secondary N) is 2. The smallest absolute Gasteiger partial charge is 0.237 e. The lowest BCUT2D eigenvalue weighted by Gasteiger charge is -2.27. The molecule has 1 aromatic heterocycles. The molecule has 3 aromatic rings. The molecule has 4 rings (SSSR count). The second kappa shape index (κ2) is 6.73. The molecule has 1 aliphatic carbocycles. The van der Waals surface area contributed by atoms with Gasteiger partial charge >= 0.3 is 0 Å². The van der Waals surface area contributed by atoms with Crippen LogP contribution in [0, 0.1) is 0 Å². The number of aryl methyl sites for hydroxylation is 1. The van der Waals surface area contributed by atoms with E-state index in [4.69, 9.17) is 5.73 Å². The highest BCUT2D eigenvalue weighted by atomic mass is 16.2. The Morgan fingerprint density at radius 1 is 1.20 bits per heavy atom. The van der Waals surface area contributed by atoms with Gasteiger partial charge in [-0.15, -0.1) is 0 Å². The second-order valence-corrected chi connectivity index (χ2v) is 6.82. The third-order valence-corrected chi connectivity index (χ3v) is 5.14. The van der Waals surface area contributed by atoms with Gasteiger partial charge in [0.25, 0.3) is 0 Å². The Kier molecular flexibility index (Phi) is 4.28. The van der Waals surface area contributed by atoms with Crippen molar-refractivity contribution < 1.29 is 4.79 Å². The molecule has 1 aliphatic rings. The van der Waals surface area contributed by atoms with Gasteiger partial charge in [0.2, 0.25) is 5.91 Å². The van der Waals surface area contributed by atoms with E-state index in [2.05, 4.69) is 34.6 Å². The van der Waals surface area contributed by atoms with Gasteiger partial charge < -0.3 is 16.0 Å². The van der Waals surface area contributed by atoms with Crippen LogP contribution in [0.5, 0.6) is 0 Å². The van der Waals surface area contributed by atoms with Crippen LogP contribution in [0.15, 0.2) is 54.7 Å². The number of hydrogen-bond acceptors (Lipinski definition) is 2. The number of nitrogens with two attached hydrogens (primary N) is 1. The first kappa shape index (κ1) is 15.9. The fourth-order valence-corrected chi connectivity index (χ4v) is 3.81. The van der Waals surface area contributed by atoms with Crippen LogP contribution in [0.4, 0.5) is 0 Å². The monoisotopic (exact) mass is 333 g/mol. The molecule has 25 heavy (non-hydrogen) atoms. The molecule has 0 saturated heterocycles. The number of benzene rings is 2. The van der Waals surface area contributed by atoms with Crippen LogP contribution in [0.25, 0.3) is 10.9 Å². The van der Waals surface area contributed by atoms with Gasteiger partial charge in [0.15, 0.2) is 0 Å². The summed E-state index contributed by atoms with van der Waals surface area (Å²) >= 11 is 0. The fourth-order valence-electron chi connectivity index (χ4n) is 3.81. The zero-order chi connectivity index (χ0) is 17.2. The lowest BCUT2D eigenvalue weighted by atomic mass is 9.87. The van der Waals surface area contributed by atoms with Crippen LogP contribution in [0.3, 0.4) is 0 Å². The van der Waals surface area contributed by atoms with Gasteiger partial charge in [-0.1, -0.05) is 42.5 Å². The maximum atomic E-state index is 12.6. The maximum absolute atomic E-state index is 12.6. The molecule has 2 atom stereocenters. The molecular weight excluding hydrogens is 310 g/mol. The van der Waals surface area contributed by atoms with Crippen molar-refractivity contribution in [3.05, 3.63) is 71.4 Å². The zero-order valence-electron chi connectivity index (χ0n) is 14.2. The van der Waals surface area contributed by atoms with E-state index in [9.17, 15) is 4.79 Å². The first-order valence-corrected chi connectivity index (χ1v) is 8.91. The van der Waals surface area contributed by atoms with Crippen LogP contribution in [0.2, 0.25) is 0 Å². The Bertz CT molecular complexity index is 899. The minimum Gasteiger partial charge on any atom is -0.361 e. The lowest BCUT2D eigenvalue weighted by molar-refractivity contribution is -0.123. The van der Waals surface area contributed by atoms with Crippen molar-refractivity contribution in [2.45, 2.75) is 37.8 Å². The summed E-state index contributed by atoms with van der Waals surface area (Å²) in [6, 6.07) is 16.0. The average molecular weight is 333 g/mol. The normalized spacial score (nSPS) is 17.9. The van der Waals surface area contributed by atoms with Gasteiger partial charge in [-0.3, -0.25) is 4.79 Å². The largest absolute Gasteiger partial charge is 0.361 e. The standard InChI is InChI=1S/C21H23N3O/c22-18(12-15-13-23-19-10-4-3-9-17(15)19)21(25)24-20-11-5-7-14-6-1-2-8-16(14)20/h1-4,6,8-10,13,18,20,23H,5,7,11-12,22H2,(H,24,25)/t18-,20?/m0/s1. The summed E-state index contributed by atoms with van der Waals surface area (Å²) in [5, 5.41) is 4.29. The van der Waals surface area contributed by atoms with Crippen molar-refractivity contribution in [1.82, 2.24) is 10.3 Å². The third-order valence-electron chi connectivity index (χ3n) is 5.14. The first-order chi connectivity index (χ1) is 12.2. The molecular formula is C21H23N3O.